The molecule has 2 aromatic carbocycles. The molecule has 0 unspecified atom stereocenters. The summed E-state index contributed by atoms with van der Waals surface area (Å²) in [4.78, 5) is 27.0. The Morgan fingerprint density at radius 3 is 2.48 bits per heavy atom. The van der Waals surface area contributed by atoms with E-state index in [4.69, 9.17) is 4.42 Å². The number of piperidine rings is 1. The van der Waals surface area contributed by atoms with E-state index in [1.165, 1.54) is 41.7 Å². The number of amides is 1. The number of hydrogen-bond donors (Lipinski definition) is 2. The number of carbonyl (C=O) groups excluding carboxylic acids is 2. The zero-order chi connectivity index (χ0) is 23.0. The van der Waals surface area contributed by atoms with Crippen molar-refractivity contribution in [1.29, 1.82) is 0 Å². The van der Waals surface area contributed by atoms with Gasteiger partial charge in [0.2, 0.25) is 9.84 Å². The van der Waals surface area contributed by atoms with Crippen LogP contribution < -0.4 is 10.2 Å². The van der Waals surface area contributed by atoms with Crippen molar-refractivity contribution in [1.82, 2.24) is 5.32 Å². The summed E-state index contributed by atoms with van der Waals surface area (Å²) in [7, 11) is -3.89. The van der Waals surface area contributed by atoms with Gasteiger partial charge in [-0.2, -0.15) is 0 Å². The van der Waals surface area contributed by atoms with Crippen LogP contribution in [-0.2, 0) is 9.84 Å². The molecule has 33 heavy (non-hydrogen) atoms. The van der Waals surface area contributed by atoms with E-state index in [9.17, 15) is 18.0 Å². The van der Waals surface area contributed by atoms with Crippen LogP contribution in [0.5, 0.6) is 0 Å². The van der Waals surface area contributed by atoms with Gasteiger partial charge in [-0.3, -0.25) is 9.59 Å². The van der Waals surface area contributed by atoms with Gasteiger partial charge in [-0.05, 0) is 61.7 Å². The molecule has 2 aliphatic heterocycles. The van der Waals surface area contributed by atoms with Gasteiger partial charge in [-0.15, -0.1) is 0 Å². The van der Waals surface area contributed by atoms with Crippen molar-refractivity contribution >= 4 is 21.5 Å². The maximum atomic E-state index is 13.1. The lowest BCUT2D eigenvalue weighted by Gasteiger charge is -2.30. The van der Waals surface area contributed by atoms with E-state index in [0.29, 0.717) is 6.54 Å². The van der Waals surface area contributed by atoms with Crippen LogP contribution in [0.4, 0.5) is 0 Å². The summed E-state index contributed by atoms with van der Waals surface area (Å²) < 4.78 is 31.9. The molecule has 5 rings (SSSR count). The first kappa shape index (κ1) is 21.6. The highest BCUT2D eigenvalue weighted by atomic mass is 32.2. The van der Waals surface area contributed by atoms with Crippen LogP contribution >= 0.6 is 0 Å². The first-order valence-electron chi connectivity index (χ1n) is 11.2. The summed E-state index contributed by atoms with van der Waals surface area (Å²) in [5.74, 6) is 0.0867. The molecule has 1 saturated heterocycles. The Labute approximate surface area is 192 Å². The molecule has 1 fully saturated rings. The maximum Gasteiger partial charge on any atom is 0.251 e. The predicted molar refractivity (Wildman–Crippen MR) is 120 cm³/mol. The number of rotatable bonds is 5. The van der Waals surface area contributed by atoms with Crippen LogP contribution in [0.3, 0.4) is 0 Å². The van der Waals surface area contributed by atoms with Gasteiger partial charge in [0.05, 0.1) is 35.7 Å². The summed E-state index contributed by atoms with van der Waals surface area (Å²) in [6.45, 7) is 2.40. The number of nitrogens with one attached hydrogen (secondary N) is 2. The molecule has 170 valence electrons. The first-order valence-corrected chi connectivity index (χ1v) is 12.6. The van der Waals surface area contributed by atoms with Gasteiger partial charge in [-0.25, -0.2) is 8.42 Å². The van der Waals surface area contributed by atoms with Crippen LogP contribution in [0.2, 0.25) is 0 Å². The molecule has 3 aromatic rings. The van der Waals surface area contributed by atoms with Crippen LogP contribution in [0.1, 0.15) is 57.3 Å². The topological polar surface area (TPSA) is 97.9 Å². The van der Waals surface area contributed by atoms with Crippen LogP contribution in [0.15, 0.2) is 75.1 Å². The Kier molecular flexibility index (Phi) is 5.64. The van der Waals surface area contributed by atoms with E-state index in [1.54, 1.807) is 18.4 Å². The van der Waals surface area contributed by atoms with Gasteiger partial charge >= 0.3 is 0 Å². The van der Waals surface area contributed by atoms with Gasteiger partial charge in [0, 0.05) is 16.7 Å². The number of carbonyl (C=O) groups is 2. The number of furan rings is 1. The Balaban J connectivity index is 1.40. The average Bonchev–Trinajstić information content (AvgIpc) is 3.38. The fourth-order valence-electron chi connectivity index (χ4n) is 4.81. The third-order valence-electron chi connectivity index (χ3n) is 6.54. The van der Waals surface area contributed by atoms with Crippen molar-refractivity contribution in [3.8, 4) is 0 Å². The van der Waals surface area contributed by atoms with Crippen molar-refractivity contribution in [2.45, 2.75) is 35.1 Å². The van der Waals surface area contributed by atoms with E-state index in [0.717, 1.165) is 31.7 Å². The number of sulfone groups is 1. The third kappa shape index (κ3) is 3.89. The van der Waals surface area contributed by atoms with Gasteiger partial charge < -0.3 is 14.6 Å². The molecule has 1 amide bonds. The van der Waals surface area contributed by atoms with E-state index in [-0.39, 0.29) is 44.2 Å². The molecule has 2 N–H and O–H groups in total. The Morgan fingerprint density at radius 2 is 1.73 bits per heavy atom. The van der Waals surface area contributed by atoms with Crippen molar-refractivity contribution in [3.05, 3.63) is 83.3 Å². The summed E-state index contributed by atoms with van der Waals surface area (Å²) in [6, 6.07) is 14.2. The van der Waals surface area contributed by atoms with E-state index < -0.39 is 9.84 Å². The van der Waals surface area contributed by atoms with E-state index >= 15 is 0 Å². The standard InChI is InChI=1S/C25H24N2O5S/c28-24-18-7-2-3-9-22(18)33(30,31)23-15-17(10-11-19(23)24)25(29)26-16-20(21-8-6-14-32-21)27-12-4-1-5-13-27/h2-3,6-11,14-15,20H,1,4-5,12-13,16H2,(H,26,29)/p+1/t20-/m1/s1. The van der Waals surface area contributed by atoms with Crippen LogP contribution in [0, 0.1) is 0 Å². The number of ketones is 1. The van der Waals surface area contributed by atoms with Gasteiger partial charge in [0.15, 0.2) is 17.6 Å². The van der Waals surface area contributed by atoms with Crippen molar-refractivity contribution < 1.29 is 27.3 Å². The van der Waals surface area contributed by atoms with Gasteiger partial charge in [-0.1, -0.05) is 12.1 Å². The van der Waals surface area contributed by atoms with E-state index in [1.807, 2.05) is 12.1 Å². The second-order valence-corrected chi connectivity index (χ2v) is 10.4. The normalized spacial score (nSPS) is 18.2. The molecule has 0 bridgehead atoms. The molecule has 1 aromatic heterocycles. The monoisotopic (exact) mass is 465 g/mol. The van der Waals surface area contributed by atoms with Gasteiger partial charge in [0.25, 0.3) is 5.91 Å². The summed E-state index contributed by atoms with van der Waals surface area (Å²) in [6.07, 6.45) is 5.13. The number of benzene rings is 2. The minimum atomic E-state index is -3.89. The van der Waals surface area contributed by atoms with Gasteiger partial charge in [0.1, 0.15) is 0 Å². The molecular formula is C25H25N2O5S+. The molecule has 0 spiro atoms. The SMILES string of the molecule is O=C(NC[C@H](c1ccco1)[NH+]1CCCCC1)c1ccc2c(c1)S(=O)(=O)c1ccccc1C2=O. The Morgan fingerprint density at radius 1 is 0.970 bits per heavy atom. The second-order valence-electron chi connectivity index (χ2n) is 8.54. The minimum absolute atomic E-state index is 0.0148. The van der Waals surface area contributed by atoms with Crippen LogP contribution in [-0.4, -0.2) is 39.7 Å². The lowest BCUT2D eigenvalue weighted by Crippen LogP contribution is -3.13. The largest absolute Gasteiger partial charge is 0.463 e. The molecule has 0 aliphatic carbocycles. The van der Waals surface area contributed by atoms with E-state index in [2.05, 4.69) is 5.32 Å². The molecule has 8 heteroatoms. The lowest BCUT2D eigenvalue weighted by molar-refractivity contribution is -0.936. The number of quaternary nitrogens is 1. The zero-order valence-electron chi connectivity index (χ0n) is 18.0. The van der Waals surface area contributed by atoms with Crippen LogP contribution in [0.25, 0.3) is 0 Å². The smallest absolute Gasteiger partial charge is 0.251 e. The number of hydrogen-bond acceptors (Lipinski definition) is 5. The third-order valence-corrected chi connectivity index (χ3v) is 8.39. The maximum absolute atomic E-state index is 13.1. The quantitative estimate of drug-likeness (QED) is 0.471. The molecule has 2 aliphatic rings. The molecular weight excluding hydrogens is 440 g/mol. The minimum Gasteiger partial charge on any atom is -0.463 e. The molecule has 7 nitrogen and oxygen atoms in total. The number of fused-ring (bicyclic) bond motifs is 2. The highest BCUT2D eigenvalue weighted by Gasteiger charge is 2.35. The lowest BCUT2D eigenvalue weighted by atomic mass is 10.0. The van der Waals surface area contributed by atoms with Crippen molar-refractivity contribution in [2.24, 2.45) is 0 Å². The summed E-state index contributed by atoms with van der Waals surface area (Å²) in [5, 5.41) is 2.95. The average molecular weight is 466 g/mol. The fourth-order valence-corrected chi connectivity index (χ4v) is 6.49. The first-order chi connectivity index (χ1) is 16.0. The molecule has 0 saturated carbocycles. The predicted octanol–water partition coefficient (Wildman–Crippen LogP) is 2.20. The second kappa shape index (κ2) is 8.61. The highest BCUT2D eigenvalue weighted by Crippen LogP contribution is 2.34. The Hall–Kier alpha value is -3.23. The molecule has 3 heterocycles. The fraction of sp³-hybridized carbons (Fsp3) is 0.280. The highest BCUT2D eigenvalue weighted by molar-refractivity contribution is 7.91. The van der Waals surface area contributed by atoms with Crippen molar-refractivity contribution in [2.75, 3.05) is 19.6 Å². The summed E-state index contributed by atoms with van der Waals surface area (Å²) >= 11 is 0. The van der Waals surface area contributed by atoms with Crippen molar-refractivity contribution in [3.63, 3.8) is 0 Å². The molecule has 0 radical (unpaired) electrons. The molecule has 1 atom stereocenters. The summed E-state index contributed by atoms with van der Waals surface area (Å²) in [5.41, 5.74) is 0.459. The number of likely N-dealkylation sites (tertiary alicyclic amines) is 1. The zero-order valence-corrected chi connectivity index (χ0v) is 18.9. The Bertz CT molecular complexity index is 1310.